The third kappa shape index (κ3) is 2.87. The quantitative estimate of drug-likeness (QED) is 0.783. The lowest BCUT2D eigenvalue weighted by Gasteiger charge is -2.30. The number of carbonyl (C=O) groups is 1. The van der Waals surface area contributed by atoms with Crippen LogP contribution in [0.5, 0.6) is 0 Å². The first-order valence-electron chi connectivity index (χ1n) is 7.43. The van der Waals surface area contributed by atoms with Crippen molar-refractivity contribution in [2.75, 3.05) is 18.0 Å². The maximum absolute atomic E-state index is 13.1. The molecule has 3 rings (SSSR count). The van der Waals surface area contributed by atoms with E-state index in [0.29, 0.717) is 12.2 Å². The number of anilines is 1. The molecular weight excluding hydrogens is 350 g/mol. The van der Waals surface area contributed by atoms with E-state index in [9.17, 15) is 13.2 Å². The minimum Gasteiger partial charge on any atom is -0.465 e. The van der Waals surface area contributed by atoms with Crippen molar-refractivity contribution >= 4 is 33.3 Å². The second-order valence-corrected chi connectivity index (χ2v) is 7.68. The van der Waals surface area contributed by atoms with Gasteiger partial charge < -0.3 is 4.74 Å². The summed E-state index contributed by atoms with van der Waals surface area (Å²) in [6, 6.07) is 11.5. The van der Waals surface area contributed by atoms with Gasteiger partial charge in [0, 0.05) is 6.54 Å². The molecule has 0 atom stereocenters. The molecule has 0 amide bonds. The third-order valence-corrected chi connectivity index (χ3v) is 6.28. The molecule has 0 unspecified atom stereocenters. The normalized spacial score (nSPS) is 14.2. The fourth-order valence-corrected chi connectivity index (χ4v) is 4.86. The molecule has 1 aliphatic rings. The van der Waals surface area contributed by atoms with E-state index in [1.807, 2.05) is 12.1 Å². The largest absolute Gasteiger partial charge is 0.465 e. The standard InChI is InChI=1S/C17H16ClNO4S/c1-23-17(20)13-8-9-14(18)16(11-13)24(21,22)19-10-4-6-12-5-2-3-7-15(12)19/h2-3,5,7-9,11H,4,6,10H2,1H3. The molecule has 0 radical (unpaired) electrons. The summed E-state index contributed by atoms with van der Waals surface area (Å²) in [6.07, 6.45) is 1.56. The number of fused-ring (bicyclic) bond motifs is 1. The van der Waals surface area contributed by atoms with E-state index in [2.05, 4.69) is 4.74 Å². The van der Waals surface area contributed by atoms with Crippen LogP contribution in [0.3, 0.4) is 0 Å². The third-order valence-electron chi connectivity index (χ3n) is 3.99. The number of hydrogen-bond donors (Lipinski definition) is 0. The number of sulfonamides is 1. The number of rotatable bonds is 3. The monoisotopic (exact) mass is 365 g/mol. The molecule has 7 heteroatoms. The molecule has 2 aromatic carbocycles. The Morgan fingerprint density at radius 2 is 1.96 bits per heavy atom. The Balaban J connectivity index is 2.11. The van der Waals surface area contributed by atoms with E-state index in [0.717, 1.165) is 18.4 Å². The van der Waals surface area contributed by atoms with Crippen molar-refractivity contribution in [2.24, 2.45) is 0 Å². The number of carbonyl (C=O) groups excluding carboxylic acids is 1. The number of benzene rings is 2. The lowest BCUT2D eigenvalue weighted by Crippen LogP contribution is -2.35. The van der Waals surface area contributed by atoms with E-state index in [-0.39, 0.29) is 15.5 Å². The number of nitrogens with zero attached hydrogens (tertiary/aromatic N) is 1. The average Bonchev–Trinajstić information content (AvgIpc) is 2.60. The lowest BCUT2D eigenvalue weighted by atomic mass is 10.0. The molecule has 2 aromatic rings. The van der Waals surface area contributed by atoms with Gasteiger partial charge in [-0.05, 0) is 42.7 Å². The molecule has 0 aliphatic carbocycles. The Morgan fingerprint density at radius 1 is 1.21 bits per heavy atom. The molecule has 0 bridgehead atoms. The number of aryl methyl sites for hydroxylation is 1. The molecule has 5 nitrogen and oxygen atoms in total. The maximum Gasteiger partial charge on any atom is 0.337 e. The predicted molar refractivity (Wildman–Crippen MR) is 92.1 cm³/mol. The lowest BCUT2D eigenvalue weighted by molar-refractivity contribution is 0.0600. The first-order valence-corrected chi connectivity index (χ1v) is 9.25. The van der Waals surface area contributed by atoms with Crippen LogP contribution < -0.4 is 4.31 Å². The minimum atomic E-state index is -3.88. The van der Waals surface area contributed by atoms with E-state index in [1.165, 1.54) is 29.6 Å². The summed E-state index contributed by atoms with van der Waals surface area (Å²) in [5.41, 5.74) is 1.78. The van der Waals surface area contributed by atoms with Gasteiger partial charge in [0.2, 0.25) is 0 Å². The Morgan fingerprint density at radius 3 is 2.71 bits per heavy atom. The van der Waals surface area contributed by atoms with Crippen molar-refractivity contribution in [3.05, 3.63) is 58.6 Å². The SMILES string of the molecule is COC(=O)c1ccc(Cl)c(S(=O)(=O)N2CCCc3ccccc32)c1. The molecule has 0 aromatic heterocycles. The first-order chi connectivity index (χ1) is 11.4. The van der Waals surface area contributed by atoms with E-state index >= 15 is 0 Å². The second-order valence-electron chi connectivity index (χ2n) is 5.45. The molecule has 24 heavy (non-hydrogen) atoms. The molecule has 0 saturated carbocycles. The van der Waals surface area contributed by atoms with Crippen LogP contribution in [0.15, 0.2) is 47.4 Å². The van der Waals surface area contributed by atoms with Crippen molar-refractivity contribution in [3.63, 3.8) is 0 Å². The van der Waals surface area contributed by atoms with Crippen molar-refractivity contribution in [1.29, 1.82) is 0 Å². The summed E-state index contributed by atoms with van der Waals surface area (Å²) in [7, 11) is -2.63. The number of halogens is 1. The van der Waals surface area contributed by atoms with E-state index in [4.69, 9.17) is 11.6 Å². The number of ether oxygens (including phenoxy) is 1. The van der Waals surface area contributed by atoms with Crippen LogP contribution in [-0.4, -0.2) is 28.0 Å². The maximum atomic E-state index is 13.1. The van der Waals surface area contributed by atoms with Crippen LogP contribution in [0.1, 0.15) is 22.3 Å². The highest BCUT2D eigenvalue weighted by molar-refractivity contribution is 7.93. The Hall–Kier alpha value is -2.05. The Kier molecular flexibility index (Phi) is 4.51. The number of hydrogen-bond acceptors (Lipinski definition) is 4. The zero-order valence-electron chi connectivity index (χ0n) is 13.0. The van der Waals surface area contributed by atoms with Gasteiger partial charge in [0.25, 0.3) is 10.0 Å². The second kappa shape index (κ2) is 6.45. The fourth-order valence-electron chi connectivity index (χ4n) is 2.81. The topological polar surface area (TPSA) is 63.7 Å². The highest BCUT2D eigenvalue weighted by Crippen LogP contribution is 2.34. The van der Waals surface area contributed by atoms with Crippen molar-refractivity contribution in [1.82, 2.24) is 0 Å². The summed E-state index contributed by atoms with van der Waals surface area (Å²) in [4.78, 5) is 11.6. The first kappa shape index (κ1) is 16.8. The number of para-hydroxylation sites is 1. The van der Waals surface area contributed by atoms with Gasteiger partial charge in [0.05, 0.1) is 23.4 Å². The molecule has 126 valence electrons. The van der Waals surface area contributed by atoms with Gasteiger partial charge in [-0.2, -0.15) is 0 Å². The number of esters is 1. The summed E-state index contributed by atoms with van der Waals surface area (Å²) >= 11 is 6.12. The molecule has 1 heterocycles. The summed E-state index contributed by atoms with van der Waals surface area (Å²) < 4.78 is 32.3. The van der Waals surface area contributed by atoms with E-state index < -0.39 is 16.0 Å². The molecule has 0 saturated heterocycles. The van der Waals surface area contributed by atoms with Gasteiger partial charge in [-0.25, -0.2) is 13.2 Å². The van der Waals surface area contributed by atoms with Crippen molar-refractivity contribution in [2.45, 2.75) is 17.7 Å². The Labute approximate surface area is 145 Å². The highest BCUT2D eigenvalue weighted by atomic mass is 35.5. The van der Waals surface area contributed by atoms with Gasteiger partial charge >= 0.3 is 5.97 Å². The van der Waals surface area contributed by atoms with Crippen molar-refractivity contribution in [3.8, 4) is 0 Å². The van der Waals surface area contributed by atoms with Gasteiger partial charge in [-0.1, -0.05) is 29.8 Å². The van der Waals surface area contributed by atoms with Crippen LogP contribution in [0, 0.1) is 0 Å². The minimum absolute atomic E-state index is 0.0747. The average molecular weight is 366 g/mol. The van der Waals surface area contributed by atoms with Gasteiger partial charge in [0.1, 0.15) is 4.90 Å². The van der Waals surface area contributed by atoms with Crippen LogP contribution in [0.25, 0.3) is 0 Å². The molecule has 0 fully saturated rings. The molecule has 0 N–H and O–H groups in total. The van der Waals surface area contributed by atoms with E-state index in [1.54, 1.807) is 12.1 Å². The zero-order valence-corrected chi connectivity index (χ0v) is 14.6. The molecule has 0 spiro atoms. The van der Waals surface area contributed by atoms with Crippen LogP contribution in [0.2, 0.25) is 5.02 Å². The van der Waals surface area contributed by atoms with Crippen molar-refractivity contribution < 1.29 is 17.9 Å². The summed E-state index contributed by atoms with van der Waals surface area (Å²) in [5.74, 6) is -0.609. The smallest absolute Gasteiger partial charge is 0.337 e. The van der Waals surface area contributed by atoms with Gasteiger partial charge in [-0.15, -0.1) is 0 Å². The van der Waals surface area contributed by atoms with Gasteiger partial charge in [0.15, 0.2) is 0 Å². The van der Waals surface area contributed by atoms with Crippen LogP contribution in [0.4, 0.5) is 5.69 Å². The highest BCUT2D eigenvalue weighted by Gasteiger charge is 2.31. The zero-order chi connectivity index (χ0) is 17.3. The van der Waals surface area contributed by atoms with Crippen LogP contribution in [-0.2, 0) is 21.2 Å². The molecular formula is C17H16ClNO4S. The Bertz CT molecular complexity index is 895. The summed E-state index contributed by atoms with van der Waals surface area (Å²) in [5, 5.41) is 0.0747. The predicted octanol–water partition coefficient (Wildman–Crippen LogP) is 3.27. The van der Waals surface area contributed by atoms with Crippen LogP contribution >= 0.6 is 11.6 Å². The number of methoxy groups -OCH3 is 1. The molecule has 1 aliphatic heterocycles. The fraction of sp³-hybridized carbons (Fsp3) is 0.235. The summed E-state index contributed by atoms with van der Waals surface area (Å²) in [6.45, 7) is 0.373. The van der Waals surface area contributed by atoms with Gasteiger partial charge in [-0.3, -0.25) is 4.31 Å².